The molecule has 2 aromatic rings. The molecule has 2 heterocycles. The molecule has 0 aliphatic rings. The van der Waals surface area contributed by atoms with Crippen molar-refractivity contribution in [1.82, 2.24) is 15.2 Å². The summed E-state index contributed by atoms with van der Waals surface area (Å²) in [5.41, 5.74) is 0.992. The Balaban J connectivity index is 0.00000242. The molecule has 0 atom stereocenters. The van der Waals surface area contributed by atoms with Gasteiger partial charge in [-0.05, 0) is 28.1 Å². The van der Waals surface area contributed by atoms with Crippen molar-refractivity contribution in [3.8, 4) is 0 Å². The van der Waals surface area contributed by atoms with Crippen molar-refractivity contribution < 1.29 is 0 Å². The van der Waals surface area contributed by atoms with Crippen LogP contribution in [0, 0.1) is 0 Å². The minimum atomic E-state index is 0. The Morgan fingerprint density at radius 1 is 1.32 bits per heavy atom. The molecule has 0 radical (unpaired) electrons. The molecule has 22 heavy (non-hydrogen) atoms. The highest BCUT2D eigenvalue weighted by atomic mass is 127. The molecule has 122 valence electrons. The van der Waals surface area contributed by atoms with Crippen molar-refractivity contribution in [3.63, 3.8) is 0 Å². The lowest BCUT2D eigenvalue weighted by atomic mass is 10.4. The SMILES string of the molecule is CN=C(NCc1cc(Br)cs1)NCc1cc(Cl)c(Cl)n1C.I. The molecule has 0 spiro atoms. The second-order valence-electron chi connectivity index (χ2n) is 4.34. The molecule has 0 saturated heterocycles. The minimum Gasteiger partial charge on any atom is -0.352 e. The van der Waals surface area contributed by atoms with Crippen LogP contribution in [0.2, 0.25) is 10.2 Å². The number of hydrogen-bond acceptors (Lipinski definition) is 2. The number of aliphatic imine (C=N–C) groups is 1. The van der Waals surface area contributed by atoms with Crippen molar-refractivity contribution in [1.29, 1.82) is 0 Å². The number of nitrogens with zero attached hydrogens (tertiary/aromatic N) is 2. The van der Waals surface area contributed by atoms with Gasteiger partial charge in [0, 0.05) is 34.5 Å². The Morgan fingerprint density at radius 2 is 2.00 bits per heavy atom. The average molecular weight is 538 g/mol. The van der Waals surface area contributed by atoms with E-state index in [1.165, 1.54) is 4.88 Å². The van der Waals surface area contributed by atoms with Crippen LogP contribution in [0.3, 0.4) is 0 Å². The highest BCUT2D eigenvalue weighted by Crippen LogP contribution is 2.25. The Hall–Kier alpha value is 0.0400. The van der Waals surface area contributed by atoms with Crippen LogP contribution in [0.1, 0.15) is 10.6 Å². The molecule has 0 unspecified atom stereocenters. The molecular weight excluding hydrogens is 522 g/mol. The summed E-state index contributed by atoms with van der Waals surface area (Å²) in [5.74, 6) is 0.730. The van der Waals surface area contributed by atoms with Gasteiger partial charge in [0.25, 0.3) is 0 Å². The first kappa shape index (κ1) is 20.1. The number of rotatable bonds is 4. The molecule has 9 heteroatoms. The molecule has 2 rings (SSSR count). The zero-order valence-electron chi connectivity index (χ0n) is 12.0. The topological polar surface area (TPSA) is 41.4 Å². The third kappa shape index (κ3) is 5.30. The number of thiophene rings is 1. The summed E-state index contributed by atoms with van der Waals surface area (Å²) < 4.78 is 2.95. The molecule has 2 N–H and O–H groups in total. The molecule has 0 aliphatic heterocycles. The normalized spacial score (nSPS) is 11.2. The van der Waals surface area contributed by atoms with Crippen molar-refractivity contribution in [2.24, 2.45) is 12.0 Å². The van der Waals surface area contributed by atoms with Gasteiger partial charge in [-0.3, -0.25) is 4.99 Å². The van der Waals surface area contributed by atoms with Crippen LogP contribution in [0.25, 0.3) is 0 Å². The van der Waals surface area contributed by atoms with Gasteiger partial charge >= 0.3 is 0 Å². The van der Waals surface area contributed by atoms with Gasteiger partial charge in [0.2, 0.25) is 0 Å². The maximum absolute atomic E-state index is 6.05. The second kappa shape index (κ2) is 9.36. The lowest BCUT2D eigenvalue weighted by molar-refractivity contribution is 0.752. The fourth-order valence-electron chi connectivity index (χ4n) is 1.77. The molecule has 0 fully saturated rings. The highest BCUT2D eigenvalue weighted by Gasteiger charge is 2.09. The van der Waals surface area contributed by atoms with Gasteiger partial charge in [0.15, 0.2) is 5.96 Å². The Kier molecular flexibility index (Phi) is 8.55. The molecule has 4 nitrogen and oxygen atoms in total. The summed E-state index contributed by atoms with van der Waals surface area (Å²) in [6.45, 7) is 1.32. The first-order chi connectivity index (χ1) is 10.0. The van der Waals surface area contributed by atoms with Crippen LogP contribution >= 0.6 is 74.4 Å². The predicted molar refractivity (Wildman–Crippen MR) is 110 cm³/mol. The quantitative estimate of drug-likeness (QED) is 0.339. The third-order valence-corrected chi connectivity index (χ3v) is 5.47. The molecule has 2 aromatic heterocycles. The first-order valence-electron chi connectivity index (χ1n) is 6.18. The number of aromatic nitrogens is 1. The smallest absolute Gasteiger partial charge is 0.191 e. The predicted octanol–water partition coefficient (Wildman–Crippen LogP) is 4.64. The van der Waals surface area contributed by atoms with Gasteiger partial charge in [0.05, 0.1) is 18.1 Å². The second-order valence-corrected chi connectivity index (χ2v) is 7.02. The number of guanidine groups is 1. The molecule has 0 aliphatic carbocycles. The van der Waals surface area contributed by atoms with Crippen molar-refractivity contribution in [2.75, 3.05) is 7.05 Å². The molecule has 0 saturated carbocycles. The molecule has 0 bridgehead atoms. The van der Waals surface area contributed by atoms with E-state index in [2.05, 4.69) is 43.0 Å². The first-order valence-corrected chi connectivity index (χ1v) is 8.61. The zero-order valence-corrected chi connectivity index (χ0v) is 18.2. The van der Waals surface area contributed by atoms with E-state index in [0.717, 1.165) is 22.7 Å². The monoisotopic (exact) mass is 536 g/mol. The van der Waals surface area contributed by atoms with E-state index >= 15 is 0 Å². The maximum Gasteiger partial charge on any atom is 0.191 e. The average Bonchev–Trinajstić information content (AvgIpc) is 2.98. The Morgan fingerprint density at radius 3 is 2.50 bits per heavy atom. The van der Waals surface area contributed by atoms with Gasteiger partial charge in [-0.15, -0.1) is 35.3 Å². The van der Waals surface area contributed by atoms with Gasteiger partial charge in [-0.1, -0.05) is 23.2 Å². The van der Waals surface area contributed by atoms with Gasteiger partial charge in [0.1, 0.15) is 5.15 Å². The van der Waals surface area contributed by atoms with Crippen LogP contribution < -0.4 is 10.6 Å². The van der Waals surface area contributed by atoms with E-state index < -0.39 is 0 Å². The number of halogens is 4. The zero-order chi connectivity index (χ0) is 15.4. The third-order valence-electron chi connectivity index (χ3n) is 2.93. The van der Waals surface area contributed by atoms with Crippen molar-refractivity contribution >= 4 is 80.4 Å². The van der Waals surface area contributed by atoms with Crippen molar-refractivity contribution in [2.45, 2.75) is 13.1 Å². The summed E-state index contributed by atoms with van der Waals surface area (Å²) in [6, 6.07) is 3.93. The van der Waals surface area contributed by atoms with Crippen molar-refractivity contribution in [3.05, 3.63) is 42.7 Å². The lowest BCUT2D eigenvalue weighted by Gasteiger charge is -2.11. The van der Waals surface area contributed by atoms with Gasteiger partial charge < -0.3 is 15.2 Å². The fourth-order valence-corrected chi connectivity index (χ4v) is 3.58. The molecule has 0 aromatic carbocycles. The Labute approximate surface area is 169 Å². The van der Waals surface area contributed by atoms with Gasteiger partial charge in [-0.25, -0.2) is 0 Å². The summed E-state index contributed by atoms with van der Waals surface area (Å²) in [6.07, 6.45) is 0. The van der Waals surface area contributed by atoms with E-state index in [1.54, 1.807) is 18.4 Å². The summed E-state index contributed by atoms with van der Waals surface area (Å²) in [5, 5.41) is 9.66. The standard InChI is InChI=1S/C13H15BrCl2N4S.HI/c1-17-13(19-6-10-3-8(14)7-21-10)18-5-9-4-11(15)12(16)20(9)2;/h3-4,7H,5-6H2,1-2H3,(H2,17,18,19);1H. The molecule has 0 amide bonds. The summed E-state index contributed by atoms with van der Waals surface area (Å²) in [4.78, 5) is 5.43. The van der Waals surface area contributed by atoms with E-state index in [1.807, 2.05) is 17.7 Å². The minimum absolute atomic E-state index is 0. The Bertz CT molecular complexity index is 657. The number of nitrogens with one attached hydrogen (secondary N) is 2. The lowest BCUT2D eigenvalue weighted by Crippen LogP contribution is -2.36. The van der Waals surface area contributed by atoms with E-state index in [4.69, 9.17) is 23.2 Å². The summed E-state index contributed by atoms with van der Waals surface area (Å²) >= 11 is 17.2. The van der Waals surface area contributed by atoms with E-state index in [9.17, 15) is 0 Å². The highest BCUT2D eigenvalue weighted by molar-refractivity contribution is 14.0. The van der Waals surface area contributed by atoms with Crippen LogP contribution in [0.5, 0.6) is 0 Å². The number of hydrogen-bond donors (Lipinski definition) is 2. The van der Waals surface area contributed by atoms with Crippen LogP contribution in [0.4, 0.5) is 0 Å². The van der Waals surface area contributed by atoms with E-state index in [0.29, 0.717) is 16.7 Å². The van der Waals surface area contributed by atoms with Crippen LogP contribution in [-0.4, -0.2) is 17.6 Å². The van der Waals surface area contributed by atoms with Gasteiger partial charge in [-0.2, -0.15) is 0 Å². The van der Waals surface area contributed by atoms with Crippen LogP contribution in [-0.2, 0) is 20.1 Å². The summed E-state index contributed by atoms with van der Waals surface area (Å²) in [7, 11) is 3.62. The van der Waals surface area contributed by atoms with Crippen LogP contribution in [0.15, 0.2) is 27.0 Å². The maximum atomic E-state index is 6.05. The molecular formula is C13H16BrCl2IN4S. The fraction of sp³-hybridized carbons (Fsp3) is 0.308. The van der Waals surface area contributed by atoms with E-state index in [-0.39, 0.29) is 24.0 Å². The largest absolute Gasteiger partial charge is 0.352 e.